The molecular weight excluding hydrogens is 746 g/mol. The van der Waals surface area contributed by atoms with Gasteiger partial charge >= 0.3 is 18.0 Å². The van der Waals surface area contributed by atoms with E-state index in [-0.39, 0.29) is 31.3 Å². The van der Waals surface area contributed by atoms with Gasteiger partial charge in [0.05, 0.1) is 7.11 Å². The summed E-state index contributed by atoms with van der Waals surface area (Å²) in [5.74, 6) is -6.74. The molecule has 0 fully saturated rings. The van der Waals surface area contributed by atoms with Gasteiger partial charge < -0.3 is 40.8 Å². The Hall–Kier alpha value is -4.95. The van der Waals surface area contributed by atoms with Crippen LogP contribution in [-0.4, -0.2) is 84.1 Å². The van der Waals surface area contributed by atoms with Crippen LogP contribution in [0.4, 0.5) is 4.79 Å². The van der Waals surface area contributed by atoms with E-state index in [0.717, 1.165) is 0 Å². The highest BCUT2D eigenvalue weighted by atomic mass is 16.6. The molecule has 7 atom stereocenters. The van der Waals surface area contributed by atoms with Crippen molar-refractivity contribution in [3.63, 3.8) is 0 Å². The molecule has 1 aromatic rings. The summed E-state index contributed by atoms with van der Waals surface area (Å²) in [7, 11) is 1.22. The number of ether oxygens (including phenoxy) is 3. The third-order valence-electron chi connectivity index (χ3n) is 9.98. The van der Waals surface area contributed by atoms with Crippen molar-refractivity contribution in [1.29, 1.82) is 0 Å². The van der Waals surface area contributed by atoms with Gasteiger partial charge in [0.25, 0.3) is 5.91 Å². The minimum atomic E-state index is -2.42. The number of nitrogens with one attached hydrogen (secondary N) is 5. The molecule has 0 aromatic heterocycles. The average Bonchev–Trinajstić information content (AvgIpc) is 3.17. The van der Waals surface area contributed by atoms with E-state index in [1.165, 1.54) is 7.11 Å². The van der Waals surface area contributed by atoms with Crippen molar-refractivity contribution in [2.24, 2.45) is 23.7 Å². The van der Waals surface area contributed by atoms with Crippen LogP contribution < -0.4 is 26.6 Å². The molecule has 0 saturated carbocycles. The lowest BCUT2D eigenvalue weighted by Gasteiger charge is -2.39. The molecule has 0 spiro atoms. The number of amides is 5. The third-order valence-corrected chi connectivity index (χ3v) is 9.98. The highest BCUT2D eigenvalue weighted by Crippen LogP contribution is 2.31. The van der Waals surface area contributed by atoms with Gasteiger partial charge in [0, 0.05) is 5.92 Å². The molecule has 0 saturated heterocycles. The summed E-state index contributed by atoms with van der Waals surface area (Å²) in [5.41, 5.74) is -2.62. The fourth-order valence-electron chi connectivity index (χ4n) is 6.51. The first-order valence-corrected chi connectivity index (χ1v) is 20.4. The minimum absolute atomic E-state index is 0.0584. The van der Waals surface area contributed by atoms with Gasteiger partial charge in [-0.2, -0.15) is 0 Å². The molecule has 324 valence electrons. The molecular formula is C43H67N5O10. The first-order chi connectivity index (χ1) is 27.2. The predicted molar refractivity (Wildman–Crippen MR) is 219 cm³/mol. The Morgan fingerprint density at radius 2 is 1.45 bits per heavy atom. The van der Waals surface area contributed by atoms with Gasteiger partial charge in [-0.1, -0.05) is 97.4 Å². The standard InChI is InChI=1S/C43H67N5O10/c1-12-28(7)34(38(52)56-11)46-35(49)31(13-2)45-39(53)43(30-22-18-15-19-23-30,40(54)57-25-29-20-16-14-17-21-29)48-36(50)32(24-26(3)4)44-37(51)33(27(5)6)47-41(55)58-42(8,9)10/h14,16-18,20-22,26-28,30-34H,12-13,15,19,23-25H2,1-11H3,(H,44,51)(H,45,53)(H,46,49)(H,47,55)(H,48,50)/t28-,30?,31-,32-,33-,34-,43?/m0/s1. The van der Waals surface area contributed by atoms with E-state index in [0.29, 0.717) is 31.2 Å². The van der Waals surface area contributed by atoms with E-state index in [1.807, 2.05) is 26.8 Å². The second-order valence-corrected chi connectivity index (χ2v) is 16.7. The molecule has 5 N–H and O–H groups in total. The second-order valence-electron chi connectivity index (χ2n) is 16.7. The van der Waals surface area contributed by atoms with Gasteiger partial charge in [0.1, 0.15) is 36.4 Å². The van der Waals surface area contributed by atoms with Gasteiger partial charge in [-0.25, -0.2) is 14.4 Å². The van der Waals surface area contributed by atoms with Crippen molar-refractivity contribution in [1.82, 2.24) is 26.6 Å². The Kier molecular flexibility index (Phi) is 19.4. The summed E-state index contributed by atoms with van der Waals surface area (Å²) in [6.07, 6.45) is 4.91. The fourth-order valence-corrected chi connectivity index (χ4v) is 6.51. The molecule has 15 nitrogen and oxygen atoms in total. The van der Waals surface area contributed by atoms with E-state index < -0.39 is 88.8 Å². The van der Waals surface area contributed by atoms with Crippen LogP contribution in [0.3, 0.4) is 0 Å². The lowest BCUT2D eigenvalue weighted by Crippen LogP contribution is -2.71. The summed E-state index contributed by atoms with van der Waals surface area (Å²) >= 11 is 0. The largest absolute Gasteiger partial charge is 0.467 e. The topological polar surface area (TPSA) is 207 Å². The molecule has 1 aromatic carbocycles. The Labute approximate surface area is 343 Å². The number of alkyl carbamates (subject to hydrolysis) is 1. The average molecular weight is 814 g/mol. The van der Waals surface area contributed by atoms with Crippen molar-refractivity contribution in [2.75, 3.05) is 7.11 Å². The van der Waals surface area contributed by atoms with Crippen molar-refractivity contribution >= 4 is 41.7 Å². The van der Waals surface area contributed by atoms with E-state index in [1.54, 1.807) is 84.9 Å². The van der Waals surface area contributed by atoms with Crippen LogP contribution in [0.1, 0.15) is 113 Å². The molecule has 15 heteroatoms. The maximum Gasteiger partial charge on any atom is 0.408 e. The number of allylic oxidation sites excluding steroid dienone is 1. The quantitative estimate of drug-likeness (QED) is 0.0535. The fraction of sp³-hybridized carbons (Fsp3) is 0.651. The van der Waals surface area contributed by atoms with E-state index in [9.17, 15) is 33.6 Å². The number of esters is 2. The lowest BCUT2D eigenvalue weighted by atomic mass is 9.76. The van der Waals surface area contributed by atoms with Gasteiger partial charge in [0.15, 0.2) is 0 Å². The molecule has 0 bridgehead atoms. The van der Waals surface area contributed by atoms with Crippen molar-refractivity contribution in [3.05, 3.63) is 48.0 Å². The molecule has 0 heterocycles. The number of carbonyl (C=O) groups excluding carboxylic acids is 7. The van der Waals surface area contributed by atoms with Gasteiger partial charge in [0.2, 0.25) is 23.3 Å². The van der Waals surface area contributed by atoms with Crippen LogP contribution >= 0.6 is 0 Å². The first-order valence-electron chi connectivity index (χ1n) is 20.4. The number of carbonyl (C=O) groups is 7. The summed E-state index contributed by atoms with van der Waals surface area (Å²) in [5, 5.41) is 13.5. The molecule has 5 amide bonds. The summed E-state index contributed by atoms with van der Waals surface area (Å²) in [6.45, 7) is 17.3. The normalized spacial score (nSPS) is 17.6. The van der Waals surface area contributed by atoms with Crippen LogP contribution in [0.25, 0.3) is 0 Å². The van der Waals surface area contributed by atoms with Crippen LogP contribution in [0.5, 0.6) is 0 Å². The molecule has 1 aliphatic rings. The van der Waals surface area contributed by atoms with Crippen molar-refractivity contribution in [2.45, 2.75) is 150 Å². The molecule has 58 heavy (non-hydrogen) atoms. The number of benzene rings is 1. The number of methoxy groups -OCH3 is 1. The van der Waals surface area contributed by atoms with Crippen LogP contribution in [-0.2, 0) is 49.6 Å². The maximum atomic E-state index is 14.9. The lowest BCUT2D eigenvalue weighted by molar-refractivity contribution is -0.163. The third kappa shape index (κ3) is 14.5. The first kappa shape index (κ1) is 49.2. The maximum absolute atomic E-state index is 14.9. The van der Waals surface area contributed by atoms with E-state index >= 15 is 0 Å². The SMILES string of the molecule is CC[C@H](NC(=O)C(NC(=O)[C@H](CC(C)C)NC(=O)[C@@H](NC(=O)OC(C)(C)C)C(C)C)(C(=O)OCc1ccccc1)C1C=CCCC1)C(=O)N[C@H](C(=O)OC)[C@@H](C)CC. The van der Waals surface area contributed by atoms with Gasteiger partial charge in [-0.05, 0) is 76.2 Å². The van der Waals surface area contributed by atoms with E-state index in [4.69, 9.17) is 14.2 Å². The highest BCUT2D eigenvalue weighted by Gasteiger charge is 2.55. The van der Waals surface area contributed by atoms with Crippen LogP contribution in [0.15, 0.2) is 42.5 Å². The predicted octanol–water partition coefficient (Wildman–Crippen LogP) is 4.62. The number of hydrogen-bond acceptors (Lipinski definition) is 10. The van der Waals surface area contributed by atoms with Gasteiger partial charge in [-0.3, -0.25) is 19.2 Å². The summed E-state index contributed by atoms with van der Waals surface area (Å²) < 4.78 is 16.1. The second kappa shape index (κ2) is 22.8. The zero-order chi connectivity index (χ0) is 43.8. The Morgan fingerprint density at radius 3 is 1.97 bits per heavy atom. The van der Waals surface area contributed by atoms with Crippen LogP contribution in [0, 0.1) is 23.7 Å². The Bertz CT molecular complexity index is 1590. The minimum Gasteiger partial charge on any atom is -0.467 e. The molecule has 0 aliphatic heterocycles. The monoisotopic (exact) mass is 813 g/mol. The van der Waals surface area contributed by atoms with Gasteiger partial charge in [-0.15, -0.1) is 0 Å². The molecule has 1 aliphatic carbocycles. The van der Waals surface area contributed by atoms with E-state index in [2.05, 4.69) is 26.6 Å². The molecule has 0 radical (unpaired) electrons. The zero-order valence-corrected chi connectivity index (χ0v) is 36.2. The van der Waals surface area contributed by atoms with Crippen LogP contribution in [0.2, 0.25) is 0 Å². The smallest absolute Gasteiger partial charge is 0.408 e. The number of hydrogen-bond donors (Lipinski definition) is 5. The summed E-state index contributed by atoms with van der Waals surface area (Å²) in [6, 6.07) is 4.18. The van der Waals surface area contributed by atoms with Crippen molar-refractivity contribution in [3.8, 4) is 0 Å². The Balaban J connectivity index is 2.66. The molecule has 2 unspecified atom stereocenters. The molecule has 2 rings (SSSR count). The Morgan fingerprint density at radius 1 is 0.793 bits per heavy atom. The highest BCUT2D eigenvalue weighted by molar-refractivity contribution is 6.12. The summed E-state index contributed by atoms with van der Waals surface area (Å²) in [4.78, 5) is 97.2. The zero-order valence-electron chi connectivity index (χ0n) is 36.2. The van der Waals surface area contributed by atoms with Crippen molar-refractivity contribution < 1.29 is 47.8 Å². The number of rotatable bonds is 20.